The van der Waals surface area contributed by atoms with Crippen LogP contribution in [0.3, 0.4) is 0 Å². The van der Waals surface area contributed by atoms with Crippen molar-refractivity contribution in [2.24, 2.45) is 0 Å². The van der Waals surface area contributed by atoms with Crippen LogP contribution >= 0.6 is 12.4 Å². The van der Waals surface area contributed by atoms with Crippen molar-refractivity contribution in [2.75, 3.05) is 20.3 Å². The molecule has 12 heteroatoms. The summed E-state index contributed by atoms with van der Waals surface area (Å²) >= 11 is 0. The largest absolute Gasteiger partial charge is 0.514 e. The fourth-order valence-electron chi connectivity index (χ4n) is 3.11. The van der Waals surface area contributed by atoms with Gasteiger partial charge in [0, 0.05) is 6.54 Å². The number of ether oxygens (including phenoxy) is 6. The van der Waals surface area contributed by atoms with Gasteiger partial charge >= 0.3 is 24.2 Å². The molecule has 0 aliphatic heterocycles. The van der Waals surface area contributed by atoms with Crippen LogP contribution in [0, 0.1) is 0 Å². The van der Waals surface area contributed by atoms with Crippen LogP contribution in [-0.2, 0) is 30.2 Å². The summed E-state index contributed by atoms with van der Waals surface area (Å²) in [6.45, 7) is 6.80. The summed E-state index contributed by atoms with van der Waals surface area (Å²) in [6, 6.07) is 12.1. The second-order valence-electron chi connectivity index (χ2n) is 8.55. The highest BCUT2D eigenvalue weighted by molar-refractivity contribution is 5.89. The lowest BCUT2D eigenvalue weighted by molar-refractivity contribution is -0.143. The maximum absolute atomic E-state index is 12.4. The Morgan fingerprint density at radius 2 is 1.41 bits per heavy atom. The van der Waals surface area contributed by atoms with Crippen LogP contribution in [0.25, 0.3) is 0 Å². The van der Waals surface area contributed by atoms with Crippen LogP contribution in [0.15, 0.2) is 48.5 Å². The zero-order valence-electron chi connectivity index (χ0n) is 22.5. The number of nitrogens with one attached hydrogen (secondary N) is 1. The van der Waals surface area contributed by atoms with Crippen LogP contribution in [0.2, 0.25) is 0 Å². The zero-order valence-corrected chi connectivity index (χ0v) is 23.3. The number of hydrogen-bond donors (Lipinski definition) is 1. The first kappa shape index (κ1) is 33.2. The van der Waals surface area contributed by atoms with E-state index in [1.165, 1.54) is 19.2 Å². The van der Waals surface area contributed by atoms with Gasteiger partial charge in [0.05, 0.1) is 24.9 Å². The summed E-state index contributed by atoms with van der Waals surface area (Å²) in [5.41, 5.74) is 0.964. The number of carbonyl (C=O) groups excluding carboxylic acids is 4. The predicted octanol–water partition coefficient (Wildman–Crippen LogP) is 4.49. The summed E-state index contributed by atoms with van der Waals surface area (Å²) < 4.78 is 30.5. The number of esters is 2. The first-order chi connectivity index (χ1) is 18.1. The fourth-order valence-corrected chi connectivity index (χ4v) is 3.11. The van der Waals surface area contributed by atoms with Crippen molar-refractivity contribution in [1.29, 1.82) is 0 Å². The van der Waals surface area contributed by atoms with E-state index >= 15 is 0 Å². The van der Waals surface area contributed by atoms with Gasteiger partial charge in [-0.1, -0.05) is 24.3 Å². The highest BCUT2D eigenvalue weighted by Gasteiger charge is 2.22. The topological polar surface area (TPSA) is 136 Å². The van der Waals surface area contributed by atoms with E-state index in [1.807, 2.05) is 0 Å². The van der Waals surface area contributed by atoms with Crippen molar-refractivity contribution in [3.63, 3.8) is 0 Å². The second-order valence-corrected chi connectivity index (χ2v) is 8.55. The van der Waals surface area contributed by atoms with Crippen LogP contribution < -0.4 is 14.8 Å². The minimum atomic E-state index is -0.998. The zero-order chi connectivity index (χ0) is 28.1. The average molecular weight is 568 g/mol. The minimum absolute atomic E-state index is 0. The normalized spacial score (nSPS) is 11.2. The molecule has 0 spiro atoms. The number of rotatable bonds is 12. The van der Waals surface area contributed by atoms with Crippen LogP contribution in [0.1, 0.15) is 43.6 Å². The van der Waals surface area contributed by atoms with Crippen LogP contribution in [0.5, 0.6) is 11.5 Å². The Bertz CT molecular complexity index is 1090. The highest BCUT2D eigenvalue weighted by Crippen LogP contribution is 2.30. The number of hydrogen-bond acceptors (Lipinski definition) is 11. The summed E-state index contributed by atoms with van der Waals surface area (Å²) in [4.78, 5) is 48.6. The molecule has 0 saturated heterocycles. The van der Waals surface area contributed by atoms with Gasteiger partial charge in [-0.3, -0.25) is 4.79 Å². The molecular weight excluding hydrogens is 534 g/mol. The van der Waals surface area contributed by atoms with Gasteiger partial charge in [-0.25, -0.2) is 14.4 Å². The first-order valence-electron chi connectivity index (χ1n) is 12.0. The summed E-state index contributed by atoms with van der Waals surface area (Å²) in [5.74, 6) is -1.21. The summed E-state index contributed by atoms with van der Waals surface area (Å²) in [6.07, 6.45) is -2.72. The lowest BCUT2D eigenvalue weighted by atomic mass is 10.1. The molecule has 0 aromatic heterocycles. The molecule has 0 amide bonds. The van der Waals surface area contributed by atoms with Gasteiger partial charge in [0.2, 0.25) is 0 Å². The molecule has 2 aromatic rings. The molecule has 0 bridgehead atoms. The number of halogens is 1. The molecule has 0 radical (unpaired) electrons. The molecule has 0 heterocycles. The smallest absolute Gasteiger partial charge is 0.468 e. The molecule has 0 aliphatic carbocycles. The summed E-state index contributed by atoms with van der Waals surface area (Å²) in [7, 11) is 1.25. The Labute approximate surface area is 233 Å². The maximum atomic E-state index is 12.4. The standard InChI is InChI=1S/C27H33NO10.ClH/c1-17(2)35-26(31)37-22-12-11-19(16-23(22)38-27(32)36-18(3)4)15-21(25(30)33-5)28-13-14-34-24(29)20-9-7-6-8-10-20;/h6-12,16-18,21,28H,13-15H2,1-5H3;1H/t21-;/m0./s1. The van der Waals surface area contributed by atoms with E-state index in [2.05, 4.69) is 5.32 Å². The van der Waals surface area contributed by atoms with E-state index in [0.29, 0.717) is 11.1 Å². The van der Waals surface area contributed by atoms with E-state index in [4.69, 9.17) is 28.4 Å². The number of carbonyl (C=O) groups is 4. The van der Waals surface area contributed by atoms with Gasteiger partial charge in [-0.2, -0.15) is 0 Å². The molecule has 0 saturated carbocycles. The van der Waals surface area contributed by atoms with E-state index in [9.17, 15) is 19.2 Å². The molecule has 0 aliphatic rings. The van der Waals surface area contributed by atoms with Crippen LogP contribution in [0.4, 0.5) is 9.59 Å². The van der Waals surface area contributed by atoms with Crippen molar-refractivity contribution in [2.45, 2.75) is 52.4 Å². The Hall–Kier alpha value is -3.83. The van der Waals surface area contributed by atoms with Gasteiger partial charge in [0.1, 0.15) is 12.6 Å². The van der Waals surface area contributed by atoms with Gasteiger partial charge in [-0.15, -0.1) is 12.4 Å². The Morgan fingerprint density at radius 1 is 0.821 bits per heavy atom. The molecule has 11 nitrogen and oxygen atoms in total. The molecule has 214 valence electrons. The van der Waals surface area contributed by atoms with E-state index in [1.54, 1.807) is 64.1 Å². The third-order valence-corrected chi connectivity index (χ3v) is 4.72. The minimum Gasteiger partial charge on any atom is -0.468 e. The van der Waals surface area contributed by atoms with Gasteiger partial charge in [-0.05, 0) is 63.9 Å². The van der Waals surface area contributed by atoms with Crippen molar-refractivity contribution in [1.82, 2.24) is 5.32 Å². The third kappa shape index (κ3) is 12.1. The molecule has 0 unspecified atom stereocenters. The number of benzene rings is 2. The SMILES string of the molecule is COC(=O)[C@H](Cc1ccc(OC(=O)OC(C)C)c(OC(=O)OC(C)C)c1)NCCOC(=O)c1ccccc1.Cl. The lowest BCUT2D eigenvalue weighted by Crippen LogP contribution is -2.41. The molecule has 1 atom stereocenters. The molecular formula is C27H34ClNO10. The summed E-state index contributed by atoms with van der Waals surface area (Å²) in [5, 5.41) is 2.99. The van der Waals surface area contributed by atoms with Gasteiger partial charge < -0.3 is 33.7 Å². The number of methoxy groups -OCH3 is 1. The van der Waals surface area contributed by atoms with E-state index < -0.39 is 42.5 Å². The highest BCUT2D eigenvalue weighted by atomic mass is 35.5. The predicted molar refractivity (Wildman–Crippen MR) is 142 cm³/mol. The molecule has 2 rings (SSSR count). The Balaban J connectivity index is 0.00000760. The van der Waals surface area contributed by atoms with Gasteiger partial charge in [0.25, 0.3) is 0 Å². The maximum Gasteiger partial charge on any atom is 0.514 e. The molecule has 0 fully saturated rings. The molecule has 2 aromatic carbocycles. The van der Waals surface area contributed by atoms with Gasteiger partial charge in [0.15, 0.2) is 11.5 Å². The van der Waals surface area contributed by atoms with Crippen molar-refractivity contribution < 1.29 is 47.6 Å². The second kappa shape index (κ2) is 16.9. The quantitative estimate of drug-likeness (QED) is 0.168. The Morgan fingerprint density at radius 3 is 1.97 bits per heavy atom. The first-order valence-corrected chi connectivity index (χ1v) is 12.0. The Kier molecular flexibility index (Phi) is 14.4. The van der Waals surface area contributed by atoms with Crippen LogP contribution in [-0.4, -0.2) is 62.8 Å². The fraction of sp³-hybridized carbons (Fsp3) is 0.407. The van der Waals surface area contributed by atoms with Crippen molar-refractivity contribution in [3.8, 4) is 11.5 Å². The third-order valence-electron chi connectivity index (χ3n) is 4.72. The van der Waals surface area contributed by atoms with Crippen molar-refractivity contribution >= 4 is 36.7 Å². The van der Waals surface area contributed by atoms with E-state index in [0.717, 1.165) is 0 Å². The monoisotopic (exact) mass is 567 g/mol. The lowest BCUT2D eigenvalue weighted by Gasteiger charge is -2.18. The molecule has 39 heavy (non-hydrogen) atoms. The molecule has 1 N–H and O–H groups in total. The average Bonchev–Trinajstić information content (AvgIpc) is 2.86. The van der Waals surface area contributed by atoms with Crippen molar-refractivity contribution in [3.05, 3.63) is 59.7 Å². The van der Waals surface area contributed by atoms with E-state index in [-0.39, 0.29) is 43.5 Å².